The van der Waals surface area contributed by atoms with E-state index in [0.29, 0.717) is 11.0 Å². The lowest BCUT2D eigenvalue weighted by Crippen LogP contribution is -2.34. The van der Waals surface area contributed by atoms with E-state index in [1.165, 1.54) is 38.5 Å². The van der Waals surface area contributed by atoms with Gasteiger partial charge in [-0.2, -0.15) is 20.1 Å². The van der Waals surface area contributed by atoms with E-state index in [2.05, 4.69) is 30.3 Å². The number of aromatic nitrogens is 3. The molecule has 1 aromatic heterocycles. The average molecular weight is 400 g/mol. The number of hydrazone groups is 1. The van der Waals surface area contributed by atoms with E-state index in [4.69, 9.17) is 16.6 Å². The van der Waals surface area contributed by atoms with Crippen molar-refractivity contribution in [1.29, 1.82) is 0 Å². The van der Waals surface area contributed by atoms with E-state index >= 15 is 0 Å². The van der Waals surface area contributed by atoms with E-state index in [-0.39, 0.29) is 0 Å². The SMILES string of the molecule is Clc1ccccc1C=NNc1nc(N2CCCCC2)nc(N2CCCCC2)n1. The predicted molar refractivity (Wildman–Crippen MR) is 115 cm³/mol. The molecule has 8 heteroatoms. The monoisotopic (exact) mass is 399 g/mol. The van der Waals surface area contributed by atoms with Crippen LogP contribution in [0.5, 0.6) is 0 Å². The molecule has 0 aliphatic carbocycles. The van der Waals surface area contributed by atoms with Gasteiger partial charge >= 0.3 is 0 Å². The topological polar surface area (TPSA) is 69.5 Å². The summed E-state index contributed by atoms with van der Waals surface area (Å²) in [4.78, 5) is 18.5. The summed E-state index contributed by atoms with van der Waals surface area (Å²) in [5.74, 6) is 1.95. The molecular formula is C20H26ClN7. The van der Waals surface area contributed by atoms with Gasteiger partial charge in [-0.05, 0) is 44.6 Å². The number of piperidine rings is 2. The number of rotatable bonds is 5. The van der Waals surface area contributed by atoms with Gasteiger partial charge in [0.1, 0.15) is 0 Å². The van der Waals surface area contributed by atoms with Crippen LogP contribution in [0.4, 0.5) is 17.8 Å². The summed E-state index contributed by atoms with van der Waals surface area (Å²) < 4.78 is 0. The molecule has 2 fully saturated rings. The van der Waals surface area contributed by atoms with Crippen LogP contribution < -0.4 is 15.2 Å². The first kappa shape index (κ1) is 18.9. The molecule has 0 amide bonds. The Kier molecular flexibility index (Phi) is 6.21. The molecule has 0 saturated carbocycles. The molecule has 2 saturated heterocycles. The molecule has 0 radical (unpaired) electrons. The van der Waals surface area contributed by atoms with Crippen LogP contribution in [-0.4, -0.2) is 47.3 Å². The van der Waals surface area contributed by atoms with Crippen LogP contribution in [0.15, 0.2) is 29.4 Å². The van der Waals surface area contributed by atoms with Crippen molar-refractivity contribution in [3.05, 3.63) is 34.9 Å². The molecule has 0 atom stereocenters. The Hall–Kier alpha value is -2.41. The van der Waals surface area contributed by atoms with Crippen molar-refractivity contribution < 1.29 is 0 Å². The number of nitrogens with one attached hydrogen (secondary N) is 1. The van der Waals surface area contributed by atoms with Crippen LogP contribution in [0.3, 0.4) is 0 Å². The lowest BCUT2D eigenvalue weighted by Gasteiger charge is -2.30. The number of hydrogen-bond donors (Lipinski definition) is 1. The molecule has 28 heavy (non-hydrogen) atoms. The minimum atomic E-state index is 0.472. The number of nitrogens with zero attached hydrogens (tertiary/aromatic N) is 6. The Balaban J connectivity index is 1.56. The molecule has 2 aliphatic heterocycles. The summed E-state index contributed by atoms with van der Waals surface area (Å²) in [5.41, 5.74) is 3.82. The van der Waals surface area contributed by atoms with Gasteiger partial charge in [0, 0.05) is 36.8 Å². The van der Waals surface area contributed by atoms with E-state index in [9.17, 15) is 0 Å². The van der Waals surface area contributed by atoms with Gasteiger partial charge in [-0.15, -0.1) is 0 Å². The molecule has 148 valence electrons. The van der Waals surface area contributed by atoms with Crippen molar-refractivity contribution in [2.24, 2.45) is 5.10 Å². The van der Waals surface area contributed by atoms with E-state index < -0.39 is 0 Å². The van der Waals surface area contributed by atoms with E-state index in [0.717, 1.165) is 43.6 Å². The molecule has 0 spiro atoms. The predicted octanol–water partition coefficient (Wildman–Crippen LogP) is 3.95. The summed E-state index contributed by atoms with van der Waals surface area (Å²) in [6, 6.07) is 7.59. The summed E-state index contributed by atoms with van der Waals surface area (Å²) >= 11 is 6.19. The van der Waals surface area contributed by atoms with Crippen LogP contribution in [-0.2, 0) is 0 Å². The number of halogens is 1. The third-order valence-electron chi connectivity index (χ3n) is 5.16. The highest BCUT2D eigenvalue weighted by Gasteiger charge is 2.20. The van der Waals surface area contributed by atoms with Crippen molar-refractivity contribution >= 4 is 35.7 Å². The Morgan fingerprint density at radius 3 is 1.96 bits per heavy atom. The Morgan fingerprint density at radius 2 is 1.39 bits per heavy atom. The van der Waals surface area contributed by atoms with Gasteiger partial charge in [0.2, 0.25) is 17.8 Å². The van der Waals surface area contributed by atoms with Crippen molar-refractivity contribution in [3.63, 3.8) is 0 Å². The van der Waals surface area contributed by atoms with Gasteiger partial charge in [-0.1, -0.05) is 29.8 Å². The summed E-state index contributed by atoms with van der Waals surface area (Å²) in [6.45, 7) is 3.97. The fraction of sp³-hybridized carbons (Fsp3) is 0.500. The summed E-state index contributed by atoms with van der Waals surface area (Å²) in [6.07, 6.45) is 8.95. The number of anilines is 3. The van der Waals surface area contributed by atoms with Gasteiger partial charge in [-0.3, -0.25) is 0 Å². The first-order chi connectivity index (χ1) is 13.8. The molecule has 3 heterocycles. The maximum absolute atomic E-state index is 6.19. The number of hydrogen-bond acceptors (Lipinski definition) is 7. The molecule has 0 bridgehead atoms. The first-order valence-corrected chi connectivity index (χ1v) is 10.5. The van der Waals surface area contributed by atoms with Gasteiger partial charge in [-0.25, -0.2) is 5.43 Å². The smallest absolute Gasteiger partial charge is 0.250 e. The Morgan fingerprint density at radius 1 is 0.821 bits per heavy atom. The second-order valence-electron chi connectivity index (χ2n) is 7.25. The quantitative estimate of drug-likeness (QED) is 0.606. The van der Waals surface area contributed by atoms with Crippen molar-refractivity contribution in [2.45, 2.75) is 38.5 Å². The zero-order chi connectivity index (χ0) is 19.2. The summed E-state index contributed by atoms with van der Waals surface area (Å²) in [7, 11) is 0. The molecule has 4 rings (SSSR count). The lowest BCUT2D eigenvalue weighted by molar-refractivity contribution is 0.556. The maximum atomic E-state index is 6.19. The minimum absolute atomic E-state index is 0.472. The van der Waals surface area contributed by atoms with Gasteiger partial charge < -0.3 is 9.80 Å². The zero-order valence-corrected chi connectivity index (χ0v) is 16.8. The fourth-order valence-corrected chi connectivity index (χ4v) is 3.80. The fourth-order valence-electron chi connectivity index (χ4n) is 3.61. The lowest BCUT2D eigenvalue weighted by atomic mass is 10.1. The van der Waals surface area contributed by atoms with E-state index in [1.807, 2.05) is 24.3 Å². The third kappa shape index (κ3) is 4.70. The van der Waals surface area contributed by atoms with Crippen molar-refractivity contribution in [2.75, 3.05) is 41.4 Å². The van der Waals surface area contributed by atoms with E-state index in [1.54, 1.807) is 6.21 Å². The standard InChI is InChI=1S/C20H26ClN7/c21-17-10-4-3-9-16(17)15-22-26-18-23-19(27-11-5-1-6-12-27)25-20(24-18)28-13-7-2-8-14-28/h3-4,9-10,15H,1-2,5-8,11-14H2,(H,23,24,25,26). The van der Waals surface area contributed by atoms with Crippen LogP contribution in [0, 0.1) is 0 Å². The Labute approximate surface area is 170 Å². The van der Waals surface area contributed by atoms with Crippen LogP contribution >= 0.6 is 11.6 Å². The average Bonchev–Trinajstić information content (AvgIpc) is 2.76. The normalized spacial score (nSPS) is 17.9. The number of benzene rings is 1. The van der Waals surface area contributed by atoms with Crippen molar-refractivity contribution in [1.82, 2.24) is 15.0 Å². The molecular weight excluding hydrogens is 374 g/mol. The largest absolute Gasteiger partial charge is 0.341 e. The second-order valence-corrected chi connectivity index (χ2v) is 7.65. The molecule has 1 aromatic carbocycles. The van der Waals surface area contributed by atoms with Gasteiger partial charge in [0.15, 0.2) is 0 Å². The molecule has 0 unspecified atom stereocenters. The molecule has 2 aromatic rings. The maximum Gasteiger partial charge on any atom is 0.250 e. The first-order valence-electron chi connectivity index (χ1n) is 10.1. The van der Waals surface area contributed by atoms with Gasteiger partial charge in [0.25, 0.3) is 0 Å². The third-order valence-corrected chi connectivity index (χ3v) is 5.51. The highest BCUT2D eigenvalue weighted by molar-refractivity contribution is 6.33. The van der Waals surface area contributed by atoms with Crippen LogP contribution in [0.1, 0.15) is 44.1 Å². The van der Waals surface area contributed by atoms with Crippen molar-refractivity contribution in [3.8, 4) is 0 Å². The highest BCUT2D eigenvalue weighted by Crippen LogP contribution is 2.22. The highest BCUT2D eigenvalue weighted by atomic mass is 35.5. The van der Waals surface area contributed by atoms with Crippen LogP contribution in [0.25, 0.3) is 0 Å². The summed E-state index contributed by atoms with van der Waals surface area (Å²) in [5, 5.41) is 4.95. The second kappa shape index (κ2) is 9.19. The van der Waals surface area contributed by atoms with Crippen LogP contribution in [0.2, 0.25) is 5.02 Å². The molecule has 2 aliphatic rings. The van der Waals surface area contributed by atoms with Gasteiger partial charge in [0.05, 0.1) is 6.21 Å². The minimum Gasteiger partial charge on any atom is -0.341 e. The molecule has 1 N–H and O–H groups in total. The Bertz CT molecular complexity index is 778. The molecule has 7 nitrogen and oxygen atoms in total. The zero-order valence-electron chi connectivity index (χ0n) is 16.0.